The molecule has 7 nitrogen and oxygen atoms in total. The van der Waals surface area contributed by atoms with Gasteiger partial charge in [0.25, 0.3) is 0 Å². The lowest BCUT2D eigenvalue weighted by Gasteiger charge is -2.31. The highest BCUT2D eigenvalue weighted by Gasteiger charge is 2.41. The van der Waals surface area contributed by atoms with Gasteiger partial charge in [0.15, 0.2) is 5.72 Å². The summed E-state index contributed by atoms with van der Waals surface area (Å²) in [4.78, 5) is 12.4. The second-order valence-electron chi connectivity index (χ2n) is 7.49. The number of ether oxygens (including phenoxy) is 1. The molecule has 1 atom stereocenters. The van der Waals surface area contributed by atoms with Crippen molar-refractivity contribution in [2.24, 2.45) is 0 Å². The number of hydrogen-bond acceptors (Lipinski definition) is 5. The third-order valence-corrected chi connectivity index (χ3v) is 3.89. The minimum Gasteiger partial charge on any atom is -0.442 e. The number of aliphatic hydroxyl groups is 1. The molecular weight excluding hydrogens is 332 g/mol. The minimum absolute atomic E-state index is 0.598. The predicted molar refractivity (Wildman–Crippen MR) is 98.1 cm³/mol. The van der Waals surface area contributed by atoms with Crippen LogP contribution in [0, 0.1) is 6.92 Å². The van der Waals surface area contributed by atoms with E-state index in [2.05, 4.69) is 10.5 Å². The zero-order valence-electron chi connectivity index (χ0n) is 15.6. The molecule has 0 saturated carbocycles. The van der Waals surface area contributed by atoms with E-state index in [4.69, 9.17) is 4.74 Å². The summed E-state index contributed by atoms with van der Waals surface area (Å²) in [7, 11) is 0. The maximum Gasteiger partial charge on any atom is 0.432 e. The van der Waals surface area contributed by atoms with Crippen LogP contribution in [0.3, 0.4) is 0 Å². The highest BCUT2D eigenvalue weighted by Crippen LogP contribution is 2.29. The Morgan fingerprint density at radius 3 is 2.54 bits per heavy atom. The molecule has 26 heavy (non-hydrogen) atoms. The van der Waals surface area contributed by atoms with Gasteiger partial charge < -0.3 is 9.84 Å². The monoisotopic (exact) mass is 356 g/mol. The van der Waals surface area contributed by atoms with E-state index >= 15 is 0 Å². The van der Waals surface area contributed by atoms with E-state index in [-0.39, 0.29) is 0 Å². The predicted octanol–water partition coefficient (Wildman–Crippen LogP) is 2.99. The first-order valence-corrected chi connectivity index (χ1v) is 8.44. The summed E-state index contributed by atoms with van der Waals surface area (Å²) in [5.74, 6) is 0. The summed E-state index contributed by atoms with van der Waals surface area (Å²) in [6.45, 7) is 8.73. The molecule has 1 aliphatic rings. The molecule has 138 valence electrons. The van der Waals surface area contributed by atoms with Crippen LogP contribution in [-0.4, -0.2) is 37.3 Å². The number of rotatable bonds is 2. The normalized spacial score (nSPS) is 19.9. The van der Waals surface area contributed by atoms with Crippen molar-refractivity contribution < 1.29 is 14.6 Å². The van der Waals surface area contributed by atoms with Crippen LogP contribution in [0.25, 0.3) is 11.4 Å². The van der Waals surface area contributed by atoms with E-state index in [0.717, 1.165) is 22.0 Å². The van der Waals surface area contributed by atoms with E-state index in [1.54, 1.807) is 31.5 Å². The number of nitrogens with zero attached hydrogens (tertiary/aromatic N) is 3. The minimum atomic E-state index is -1.51. The Bertz CT molecular complexity index is 847. The van der Waals surface area contributed by atoms with Crippen molar-refractivity contribution in [3.05, 3.63) is 53.9 Å². The summed E-state index contributed by atoms with van der Waals surface area (Å²) in [5.41, 5.74) is 3.86. The molecule has 0 spiro atoms. The second-order valence-corrected chi connectivity index (χ2v) is 7.49. The fourth-order valence-electron chi connectivity index (χ4n) is 2.72. The van der Waals surface area contributed by atoms with Crippen LogP contribution in [0.4, 0.5) is 4.79 Å². The van der Waals surface area contributed by atoms with E-state index in [9.17, 15) is 9.90 Å². The maximum atomic E-state index is 12.4. The smallest absolute Gasteiger partial charge is 0.432 e. The quantitative estimate of drug-likeness (QED) is 0.865. The number of carbonyl (C=O) groups excluding carboxylic acids is 1. The highest BCUT2D eigenvalue weighted by atomic mass is 16.6. The molecule has 0 saturated heterocycles. The Kier molecular flexibility index (Phi) is 4.28. The number of aryl methyl sites for hydroxylation is 1. The molecule has 1 aliphatic heterocycles. The molecule has 0 aliphatic carbocycles. The van der Waals surface area contributed by atoms with Gasteiger partial charge in [-0.1, -0.05) is 18.2 Å². The summed E-state index contributed by atoms with van der Waals surface area (Å²) in [6, 6.07) is 9.73. The summed E-state index contributed by atoms with van der Waals surface area (Å²) < 4.78 is 7.12. The third kappa shape index (κ3) is 3.57. The molecule has 7 heteroatoms. The van der Waals surface area contributed by atoms with Crippen LogP contribution in [0.1, 0.15) is 39.0 Å². The van der Waals surface area contributed by atoms with Gasteiger partial charge in [-0.25, -0.2) is 9.48 Å². The van der Waals surface area contributed by atoms with Gasteiger partial charge in [0.1, 0.15) is 5.60 Å². The van der Waals surface area contributed by atoms with Gasteiger partial charge >= 0.3 is 6.09 Å². The Labute approximate surface area is 152 Å². The Morgan fingerprint density at radius 1 is 1.27 bits per heavy atom. The molecule has 2 N–H and O–H groups in total. The first kappa shape index (κ1) is 18.0. The number of carbonyl (C=O) groups is 1. The van der Waals surface area contributed by atoms with Crippen molar-refractivity contribution >= 4 is 11.8 Å². The van der Waals surface area contributed by atoms with Gasteiger partial charge in [-0.05, 0) is 52.8 Å². The number of para-hydroxylation sites is 1. The van der Waals surface area contributed by atoms with Gasteiger partial charge in [0, 0.05) is 11.8 Å². The molecule has 1 unspecified atom stereocenters. The van der Waals surface area contributed by atoms with E-state index < -0.39 is 17.4 Å². The number of benzene rings is 1. The van der Waals surface area contributed by atoms with Crippen molar-refractivity contribution in [2.45, 2.75) is 45.9 Å². The molecule has 2 heterocycles. The van der Waals surface area contributed by atoms with E-state index in [1.165, 1.54) is 6.92 Å². The molecule has 3 rings (SSSR count). The number of nitrogens with one attached hydrogen (secondary N) is 1. The van der Waals surface area contributed by atoms with Crippen molar-refractivity contribution in [2.75, 3.05) is 0 Å². The SMILES string of the molecule is Cc1nn(-c2ccccc2)cc1C1=CC(C)(O)N(C(=O)OC(C)(C)C)N1. The second kappa shape index (κ2) is 6.17. The molecule has 0 radical (unpaired) electrons. The van der Waals surface area contributed by atoms with Crippen LogP contribution >= 0.6 is 0 Å². The number of hydrogen-bond donors (Lipinski definition) is 2. The largest absolute Gasteiger partial charge is 0.442 e. The number of aromatic nitrogens is 2. The molecule has 1 aromatic heterocycles. The van der Waals surface area contributed by atoms with Crippen LogP contribution in [0.15, 0.2) is 42.6 Å². The standard InChI is InChI=1S/C19H24N4O3/c1-13-15(12-22(20-13)14-9-7-6-8-10-14)16-11-19(5,25)23(21-16)17(24)26-18(2,3)4/h6-12,21,25H,1-5H3. The molecule has 0 fully saturated rings. The lowest BCUT2D eigenvalue weighted by molar-refractivity contribution is -0.0692. The van der Waals surface area contributed by atoms with Crippen molar-refractivity contribution in [1.82, 2.24) is 20.2 Å². The molecule has 1 aromatic carbocycles. The first-order chi connectivity index (χ1) is 12.1. The fourth-order valence-corrected chi connectivity index (χ4v) is 2.72. The zero-order chi connectivity index (χ0) is 19.1. The fraction of sp³-hybridized carbons (Fsp3) is 0.368. The van der Waals surface area contributed by atoms with Gasteiger partial charge in [0.05, 0.1) is 17.1 Å². The topological polar surface area (TPSA) is 79.6 Å². The van der Waals surface area contributed by atoms with Crippen LogP contribution in [-0.2, 0) is 4.74 Å². The Hall–Kier alpha value is -2.80. The van der Waals surface area contributed by atoms with E-state index in [1.807, 2.05) is 43.5 Å². The maximum absolute atomic E-state index is 12.4. The first-order valence-electron chi connectivity index (χ1n) is 8.44. The van der Waals surface area contributed by atoms with Gasteiger partial charge in [-0.3, -0.25) is 5.43 Å². The van der Waals surface area contributed by atoms with Gasteiger partial charge in [-0.15, -0.1) is 0 Å². The number of amides is 1. The van der Waals surface area contributed by atoms with Gasteiger partial charge in [0.2, 0.25) is 0 Å². The Morgan fingerprint density at radius 2 is 1.92 bits per heavy atom. The highest BCUT2D eigenvalue weighted by molar-refractivity contribution is 5.76. The average Bonchev–Trinajstić information content (AvgIpc) is 3.06. The van der Waals surface area contributed by atoms with Crippen LogP contribution < -0.4 is 5.43 Å². The molecular formula is C19H24N4O3. The Balaban J connectivity index is 1.87. The van der Waals surface area contributed by atoms with Crippen molar-refractivity contribution in [3.8, 4) is 5.69 Å². The summed E-state index contributed by atoms with van der Waals surface area (Å²) in [5, 5.41) is 16.2. The lowest BCUT2D eigenvalue weighted by Crippen LogP contribution is -2.52. The van der Waals surface area contributed by atoms with Gasteiger partial charge in [-0.2, -0.15) is 10.1 Å². The summed E-state index contributed by atoms with van der Waals surface area (Å²) >= 11 is 0. The molecule has 1 amide bonds. The third-order valence-electron chi connectivity index (χ3n) is 3.89. The van der Waals surface area contributed by atoms with Crippen molar-refractivity contribution in [3.63, 3.8) is 0 Å². The lowest BCUT2D eigenvalue weighted by atomic mass is 10.1. The molecule has 2 aromatic rings. The van der Waals surface area contributed by atoms with Crippen molar-refractivity contribution in [1.29, 1.82) is 0 Å². The van der Waals surface area contributed by atoms with Crippen LogP contribution in [0.5, 0.6) is 0 Å². The number of hydrazine groups is 1. The zero-order valence-corrected chi connectivity index (χ0v) is 15.6. The summed E-state index contributed by atoms with van der Waals surface area (Å²) in [6.07, 6.45) is 2.79. The molecule has 0 bridgehead atoms. The average molecular weight is 356 g/mol. The van der Waals surface area contributed by atoms with E-state index in [0.29, 0.717) is 5.70 Å². The van der Waals surface area contributed by atoms with Crippen LogP contribution in [0.2, 0.25) is 0 Å².